The molecule has 0 saturated heterocycles. The van der Waals surface area contributed by atoms with Crippen LogP contribution in [0.2, 0.25) is 0 Å². The average Bonchev–Trinajstić information content (AvgIpc) is 3.11. The molecule has 1 aromatic heterocycles. The molecule has 0 bridgehead atoms. The molecular weight excluding hydrogens is 542 g/mol. The van der Waals surface area contributed by atoms with Crippen LogP contribution >= 0.6 is 0 Å². The molecule has 1 heterocycles. The van der Waals surface area contributed by atoms with Crippen LogP contribution < -0.4 is 0 Å². The van der Waals surface area contributed by atoms with Gasteiger partial charge in [-0.15, -0.1) is 0 Å². The van der Waals surface area contributed by atoms with E-state index in [1.54, 1.807) is 0 Å². The van der Waals surface area contributed by atoms with Crippen molar-refractivity contribution >= 4 is 27.2 Å². The summed E-state index contributed by atoms with van der Waals surface area (Å²) in [5.41, 5.74) is 12.3. The van der Waals surface area contributed by atoms with Crippen LogP contribution in [0.4, 0.5) is 0 Å². The molecule has 0 radical (unpaired) electrons. The highest BCUT2D eigenvalue weighted by atomic mass is 14.7. The summed E-state index contributed by atoms with van der Waals surface area (Å²) in [5.74, 6) is 0. The third-order valence-electron chi connectivity index (χ3n) is 8.29. The smallest absolute Gasteiger partial charge is 0.0788 e. The maximum atomic E-state index is 5.16. The third kappa shape index (κ3) is 5.77. The van der Waals surface area contributed by atoms with E-state index in [9.17, 15) is 0 Å². The average molecular weight is 576 g/mol. The number of nitrogens with zero attached hydrogens (tertiary/aromatic N) is 1. The monoisotopic (exact) mass is 575 g/mol. The van der Waals surface area contributed by atoms with E-state index in [0.29, 0.717) is 0 Å². The number of aromatic nitrogens is 1. The molecule has 1 nitrogen and oxygen atoms in total. The van der Waals surface area contributed by atoms with E-state index in [2.05, 4.69) is 164 Å². The molecule has 214 valence electrons. The number of benzene rings is 6. The van der Waals surface area contributed by atoms with Crippen molar-refractivity contribution in [1.82, 2.24) is 4.98 Å². The van der Waals surface area contributed by atoms with Crippen molar-refractivity contribution in [2.24, 2.45) is 0 Å². The first kappa shape index (κ1) is 28.0. The number of para-hydroxylation sites is 1. The Kier molecular flexibility index (Phi) is 7.74. The summed E-state index contributed by atoms with van der Waals surface area (Å²) in [6.45, 7) is 6.02. The normalized spacial score (nSPS) is 11.8. The molecule has 45 heavy (non-hydrogen) atoms. The fraction of sp³-hybridized carbons (Fsp3) is 0.0227. The van der Waals surface area contributed by atoms with Crippen LogP contribution in [0.3, 0.4) is 0 Å². The summed E-state index contributed by atoms with van der Waals surface area (Å²) in [5, 5.41) is 3.62. The lowest BCUT2D eigenvalue weighted by Crippen LogP contribution is -1.92. The zero-order chi connectivity index (χ0) is 30.6. The lowest BCUT2D eigenvalue weighted by atomic mass is 9.91. The maximum Gasteiger partial charge on any atom is 0.0788 e. The van der Waals surface area contributed by atoms with Gasteiger partial charge in [-0.1, -0.05) is 140 Å². The predicted octanol–water partition coefficient (Wildman–Crippen LogP) is 12.2. The summed E-state index contributed by atoms with van der Waals surface area (Å²) in [7, 11) is 0. The zero-order valence-corrected chi connectivity index (χ0v) is 25.3. The topological polar surface area (TPSA) is 12.9 Å². The molecule has 7 rings (SSSR count). The molecule has 0 amide bonds. The number of hydrogen-bond donors (Lipinski definition) is 0. The lowest BCUT2D eigenvalue weighted by molar-refractivity contribution is 1.39. The van der Waals surface area contributed by atoms with Crippen LogP contribution in [-0.4, -0.2) is 4.98 Å². The van der Waals surface area contributed by atoms with Crippen molar-refractivity contribution in [3.8, 4) is 44.6 Å². The largest absolute Gasteiger partial charge is 0.247 e. The van der Waals surface area contributed by atoms with Gasteiger partial charge in [-0.05, 0) is 93.0 Å². The summed E-state index contributed by atoms with van der Waals surface area (Å²) < 4.78 is 0. The first-order chi connectivity index (χ1) is 22.2. The predicted molar refractivity (Wildman–Crippen MR) is 194 cm³/mol. The Morgan fingerprint density at radius 3 is 1.93 bits per heavy atom. The molecular formula is C44H33N. The van der Waals surface area contributed by atoms with Crippen molar-refractivity contribution in [2.75, 3.05) is 0 Å². The Balaban J connectivity index is 1.35. The first-order valence-electron chi connectivity index (χ1n) is 15.4. The van der Waals surface area contributed by atoms with Gasteiger partial charge >= 0.3 is 0 Å². The molecule has 0 aliphatic heterocycles. The number of allylic oxidation sites excluding steroid dienone is 5. The highest BCUT2D eigenvalue weighted by molar-refractivity contribution is 5.93. The van der Waals surface area contributed by atoms with Gasteiger partial charge in [0.25, 0.3) is 0 Å². The second kappa shape index (κ2) is 12.4. The summed E-state index contributed by atoms with van der Waals surface area (Å²) in [4.78, 5) is 5.16. The molecule has 6 aromatic carbocycles. The molecule has 0 atom stereocenters. The second-order valence-electron chi connectivity index (χ2n) is 11.2. The van der Waals surface area contributed by atoms with Crippen LogP contribution in [0.1, 0.15) is 12.5 Å². The van der Waals surface area contributed by atoms with Crippen LogP contribution in [0.15, 0.2) is 176 Å². The van der Waals surface area contributed by atoms with Crippen LogP contribution in [0, 0.1) is 0 Å². The van der Waals surface area contributed by atoms with Gasteiger partial charge in [0, 0.05) is 16.5 Å². The van der Waals surface area contributed by atoms with Crippen LogP contribution in [0.25, 0.3) is 71.9 Å². The van der Waals surface area contributed by atoms with Gasteiger partial charge in [-0.2, -0.15) is 0 Å². The van der Waals surface area contributed by atoms with Crippen molar-refractivity contribution in [1.29, 1.82) is 0 Å². The second-order valence-corrected chi connectivity index (χ2v) is 11.2. The summed E-state index contributed by atoms with van der Waals surface area (Å²) in [6.07, 6.45) is 8.15. The molecule has 0 saturated carbocycles. The van der Waals surface area contributed by atoms with Gasteiger partial charge in [-0.3, -0.25) is 0 Å². The van der Waals surface area contributed by atoms with Crippen LogP contribution in [-0.2, 0) is 0 Å². The zero-order valence-electron chi connectivity index (χ0n) is 25.3. The molecule has 0 aliphatic carbocycles. The Bertz CT molecular complexity index is 2220. The Hall–Kier alpha value is -5.79. The highest BCUT2D eigenvalue weighted by Crippen LogP contribution is 2.36. The lowest BCUT2D eigenvalue weighted by Gasteiger charge is -2.14. The first-order valence-corrected chi connectivity index (χ1v) is 15.4. The van der Waals surface area contributed by atoms with E-state index in [0.717, 1.165) is 55.6 Å². The van der Waals surface area contributed by atoms with Gasteiger partial charge in [-0.25, -0.2) is 4.98 Å². The molecule has 7 aromatic rings. The molecule has 0 unspecified atom stereocenters. The minimum absolute atomic E-state index is 0.987. The van der Waals surface area contributed by atoms with Crippen molar-refractivity contribution < 1.29 is 0 Å². The Labute approximate surface area is 265 Å². The summed E-state index contributed by atoms with van der Waals surface area (Å²) >= 11 is 0. The van der Waals surface area contributed by atoms with Gasteiger partial charge in [0.05, 0.1) is 11.2 Å². The SMILES string of the molecule is C=C/C=C(\C=C/C)c1cc(-c2ccc(-c3nc4ccccc4cc3-c3ccccc3)cc2)cc(-c2ccc3ccccc3c2)c1. The van der Waals surface area contributed by atoms with Gasteiger partial charge in [0.2, 0.25) is 0 Å². The number of hydrogen-bond acceptors (Lipinski definition) is 1. The molecule has 0 aliphatic rings. The van der Waals surface area contributed by atoms with Crippen molar-refractivity contribution in [3.63, 3.8) is 0 Å². The van der Waals surface area contributed by atoms with Gasteiger partial charge in [0.1, 0.15) is 0 Å². The molecule has 0 spiro atoms. The number of pyridine rings is 1. The maximum absolute atomic E-state index is 5.16. The third-order valence-corrected chi connectivity index (χ3v) is 8.29. The molecule has 1 heteroatoms. The van der Waals surface area contributed by atoms with Gasteiger partial charge in [0.15, 0.2) is 0 Å². The van der Waals surface area contributed by atoms with E-state index in [4.69, 9.17) is 4.98 Å². The highest BCUT2D eigenvalue weighted by Gasteiger charge is 2.13. The minimum atomic E-state index is 0.987. The van der Waals surface area contributed by atoms with E-state index in [1.165, 1.54) is 21.9 Å². The quantitative estimate of drug-likeness (QED) is 0.172. The fourth-order valence-electron chi connectivity index (χ4n) is 6.05. The van der Waals surface area contributed by atoms with E-state index in [1.807, 2.05) is 19.1 Å². The Morgan fingerprint density at radius 2 is 1.18 bits per heavy atom. The summed E-state index contributed by atoms with van der Waals surface area (Å²) in [6, 6.07) is 52.1. The molecule has 0 fully saturated rings. The standard InChI is InChI=1S/C44H33N/c1-3-12-31(13-4-2)39-27-40(29-41(28-39)37-25-22-32-14-8-9-17-36(32)26-37)33-20-23-35(24-21-33)44-42(34-15-6-5-7-16-34)30-38-18-10-11-19-43(38)45-44/h3-30H,1H2,2H3/b13-4-,31-12+. The number of fused-ring (bicyclic) bond motifs is 2. The van der Waals surface area contributed by atoms with Crippen LogP contribution in [0.5, 0.6) is 0 Å². The number of rotatable bonds is 7. The van der Waals surface area contributed by atoms with Gasteiger partial charge < -0.3 is 0 Å². The Morgan fingerprint density at radius 1 is 0.533 bits per heavy atom. The van der Waals surface area contributed by atoms with E-state index >= 15 is 0 Å². The fourth-order valence-corrected chi connectivity index (χ4v) is 6.05. The van der Waals surface area contributed by atoms with Crippen molar-refractivity contribution in [3.05, 3.63) is 182 Å². The minimum Gasteiger partial charge on any atom is -0.247 e. The van der Waals surface area contributed by atoms with Crippen molar-refractivity contribution in [2.45, 2.75) is 6.92 Å². The van der Waals surface area contributed by atoms with E-state index in [-0.39, 0.29) is 0 Å². The van der Waals surface area contributed by atoms with E-state index < -0.39 is 0 Å². The molecule has 0 N–H and O–H groups in total.